The summed E-state index contributed by atoms with van der Waals surface area (Å²) in [6.45, 7) is 5.69. The van der Waals surface area contributed by atoms with Gasteiger partial charge < -0.3 is 5.11 Å². The van der Waals surface area contributed by atoms with E-state index in [2.05, 4.69) is 13.8 Å². The van der Waals surface area contributed by atoms with Gasteiger partial charge in [-0.15, -0.1) is 0 Å². The van der Waals surface area contributed by atoms with Crippen LogP contribution in [-0.2, 0) is 0 Å². The number of rotatable bonds is 1. The van der Waals surface area contributed by atoms with Crippen molar-refractivity contribution in [3.63, 3.8) is 0 Å². The van der Waals surface area contributed by atoms with Crippen molar-refractivity contribution >= 4 is 0 Å². The summed E-state index contributed by atoms with van der Waals surface area (Å²) in [5.41, 5.74) is -2.30. The Morgan fingerprint density at radius 3 is 2.67 bits per heavy atom. The quantitative estimate of drug-likeness (QED) is 0.776. The van der Waals surface area contributed by atoms with Crippen LogP contribution >= 0.6 is 0 Å². The molecule has 0 aromatic rings. The lowest BCUT2D eigenvalue weighted by Crippen LogP contribution is -2.58. The molecule has 2 aliphatic carbocycles. The monoisotopic (exact) mass is 251 g/mol. The van der Waals surface area contributed by atoms with E-state index < -0.39 is 17.7 Å². The maximum Gasteiger partial charge on any atom is 0.173 e. The first-order chi connectivity index (χ1) is 8.32. The largest absolute Gasteiger partial charge is 0.393 e. The number of nitrogens with zero attached hydrogens (tertiary/aromatic N) is 1. The summed E-state index contributed by atoms with van der Waals surface area (Å²) >= 11 is 0. The number of halogens is 1. The Morgan fingerprint density at radius 2 is 2.11 bits per heavy atom. The van der Waals surface area contributed by atoms with Crippen LogP contribution in [0.5, 0.6) is 0 Å². The number of alkyl halides is 1. The van der Waals surface area contributed by atoms with Gasteiger partial charge in [-0.05, 0) is 30.6 Å². The minimum absolute atomic E-state index is 0.0665. The van der Waals surface area contributed by atoms with E-state index in [1.54, 1.807) is 6.08 Å². The second kappa shape index (κ2) is 4.06. The van der Waals surface area contributed by atoms with Crippen LogP contribution in [0.3, 0.4) is 0 Å². The van der Waals surface area contributed by atoms with Crippen LogP contribution in [0.25, 0.3) is 0 Å². The lowest BCUT2D eigenvalue weighted by Gasteiger charge is -2.58. The predicted octanol–water partition coefficient (Wildman–Crippen LogP) is 3.37. The average molecular weight is 251 g/mol. The fourth-order valence-electron chi connectivity index (χ4n) is 4.28. The third-order valence-electron chi connectivity index (χ3n) is 5.46. The first kappa shape index (κ1) is 13.5. The molecule has 1 saturated carbocycles. The minimum Gasteiger partial charge on any atom is -0.393 e. The van der Waals surface area contributed by atoms with E-state index in [-0.39, 0.29) is 16.9 Å². The van der Waals surface area contributed by atoms with E-state index in [1.165, 1.54) is 0 Å². The van der Waals surface area contributed by atoms with E-state index in [1.807, 2.05) is 13.0 Å². The second-order valence-electron chi connectivity index (χ2n) is 6.74. The molecule has 0 heterocycles. The molecule has 100 valence electrons. The van der Waals surface area contributed by atoms with E-state index in [9.17, 15) is 5.11 Å². The molecule has 0 aromatic carbocycles. The minimum atomic E-state index is -1.87. The Morgan fingerprint density at radius 1 is 1.44 bits per heavy atom. The number of allylic oxidation sites excluding steroid dienone is 1. The Bertz CT molecular complexity index is 423. The normalized spacial score (nSPS) is 42.7. The van der Waals surface area contributed by atoms with Crippen molar-refractivity contribution in [1.29, 1.82) is 5.26 Å². The second-order valence-corrected chi connectivity index (χ2v) is 6.74. The highest BCUT2D eigenvalue weighted by molar-refractivity contribution is 5.38. The number of aliphatic hydroxyl groups is 1. The number of fused-ring (bicyclic) bond motifs is 1. The smallest absolute Gasteiger partial charge is 0.173 e. The molecule has 1 N–H and O–H groups in total. The molecule has 3 atom stereocenters. The summed E-state index contributed by atoms with van der Waals surface area (Å²) < 4.78 is 15.3. The molecule has 0 bridgehead atoms. The molecule has 0 saturated heterocycles. The molecule has 0 aliphatic heterocycles. The van der Waals surface area contributed by atoms with Gasteiger partial charge >= 0.3 is 0 Å². The first-order valence-electron chi connectivity index (χ1n) is 6.72. The maximum absolute atomic E-state index is 15.3. The van der Waals surface area contributed by atoms with Gasteiger partial charge in [-0.3, -0.25) is 0 Å². The zero-order valence-corrected chi connectivity index (χ0v) is 11.5. The van der Waals surface area contributed by atoms with Crippen LogP contribution in [0, 0.1) is 28.1 Å². The summed E-state index contributed by atoms with van der Waals surface area (Å²) in [6, 6.07) is 1.96. The highest BCUT2D eigenvalue weighted by Gasteiger charge is 2.61. The predicted molar refractivity (Wildman–Crippen MR) is 68.5 cm³/mol. The van der Waals surface area contributed by atoms with Gasteiger partial charge in [-0.25, -0.2) is 4.39 Å². The van der Waals surface area contributed by atoms with Crippen molar-refractivity contribution in [2.75, 3.05) is 6.61 Å². The van der Waals surface area contributed by atoms with Crippen molar-refractivity contribution in [1.82, 2.24) is 0 Å². The van der Waals surface area contributed by atoms with Crippen LogP contribution in [0.15, 0.2) is 11.6 Å². The lowest BCUT2D eigenvalue weighted by atomic mass is 9.48. The zero-order valence-electron chi connectivity index (χ0n) is 11.5. The number of hydrogen-bond acceptors (Lipinski definition) is 2. The van der Waals surface area contributed by atoms with Crippen LogP contribution in [0.1, 0.15) is 46.5 Å². The van der Waals surface area contributed by atoms with E-state index in [0.29, 0.717) is 0 Å². The number of aliphatic hydroxyl groups excluding tert-OH is 1. The summed E-state index contributed by atoms with van der Waals surface area (Å²) in [7, 11) is 0. The number of nitriles is 1. The Kier molecular flexibility index (Phi) is 3.06. The summed E-state index contributed by atoms with van der Waals surface area (Å²) in [5.74, 6) is 0.188. The third kappa shape index (κ3) is 1.55. The molecular formula is C15H22FNO. The van der Waals surface area contributed by atoms with Crippen LogP contribution < -0.4 is 0 Å². The molecule has 2 nitrogen and oxygen atoms in total. The fourth-order valence-corrected chi connectivity index (χ4v) is 4.28. The molecular weight excluding hydrogens is 229 g/mol. The van der Waals surface area contributed by atoms with Crippen molar-refractivity contribution < 1.29 is 9.50 Å². The van der Waals surface area contributed by atoms with Crippen molar-refractivity contribution in [2.45, 2.75) is 52.1 Å². The van der Waals surface area contributed by atoms with Gasteiger partial charge in [0.05, 0.1) is 18.2 Å². The molecule has 0 radical (unpaired) electrons. The Hall–Kier alpha value is -0.880. The molecule has 0 unspecified atom stereocenters. The Balaban J connectivity index is 2.55. The highest BCUT2D eigenvalue weighted by atomic mass is 19.1. The zero-order chi connectivity index (χ0) is 13.6. The summed E-state index contributed by atoms with van der Waals surface area (Å²) in [4.78, 5) is 0. The van der Waals surface area contributed by atoms with Gasteiger partial charge in [0, 0.05) is 5.41 Å². The van der Waals surface area contributed by atoms with E-state index in [4.69, 9.17) is 5.26 Å². The van der Waals surface area contributed by atoms with Gasteiger partial charge in [0.25, 0.3) is 0 Å². The molecule has 3 heteroatoms. The molecule has 2 rings (SSSR count). The molecule has 0 amide bonds. The third-order valence-corrected chi connectivity index (χ3v) is 5.46. The van der Waals surface area contributed by atoms with Crippen LogP contribution in [0.2, 0.25) is 0 Å². The highest BCUT2D eigenvalue weighted by Crippen LogP contribution is 2.62. The van der Waals surface area contributed by atoms with E-state index in [0.717, 1.165) is 25.7 Å². The molecule has 18 heavy (non-hydrogen) atoms. The van der Waals surface area contributed by atoms with Crippen LogP contribution in [-0.4, -0.2) is 17.4 Å². The fraction of sp³-hybridized carbons (Fsp3) is 0.800. The van der Waals surface area contributed by atoms with Gasteiger partial charge in [-0.1, -0.05) is 33.3 Å². The molecule has 0 spiro atoms. The van der Waals surface area contributed by atoms with Crippen molar-refractivity contribution in [3.8, 4) is 6.07 Å². The van der Waals surface area contributed by atoms with Gasteiger partial charge in [0.2, 0.25) is 0 Å². The summed E-state index contributed by atoms with van der Waals surface area (Å²) in [6.07, 6.45) is 5.25. The Labute approximate surface area is 108 Å². The van der Waals surface area contributed by atoms with Gasteiger partial charge in [0.15, 0.2) is 5.67 Å². The molecule has 2 aliphatic rings. The van der Waals surface area contributed by atoms with Crippen LogP contribution in [0.4, 0.5) is 4.39 Å². The molecule has 1 fully saturated rings. The average Bonchev–Trinajstić information content (AvgIpc) is 2.31. The van der Waals surface area contributed by atoms with Crippen molar-refractivity contribution in [2.24, 2.45) is 16.7 Å². The standard InChI is InChI=1S/C15H22FNO/c1-13(2)7-4-8-14(3)12(13)6-5-11(9-17)15(14,16)10-18/h5,12,18H,4,6-8,10H2,1-3H3/t12-,14-,15+/m0/s1. The number of hydrogen-bond donors (Lipinski definition) is 1. The van der Waals surface area contributed by atoms with Gasteiger partial charge in [-0.2, -0.15) is 5.26 Å². The maximum atomic E-state index is 15.3. The van der Waals surface area contributed by atoms with Gasteiger partial charge in [0.1, 0.15) is 0 Å². The topological polar surface area (TPSA) is 44.0 Å². The first-order valence-corrected chi connectivity index (χ1v) is 6.72. The van der Waals surface area contributed by atoms with E-state index >= 15 is 4.39 Å². The van der Waals surface area contributed by atoms with Crippen molar-refractivity contribution in [3.05, 3.63) is 11.6 Å². The molecule has 0 aromatic heterocycles. The summed E-state index contributed by atoms with van der Waals surface area (Å²) in [5, 5.41) is 18.7. The lowest BCUT2D eigenvalue weighted by molar-refractivity contribution is -0.117. The SMILES string of the molecule is CC1(C)CCC[C@@]2(C)[C@H]1CC=C(C#N)[C@]2(F)CO.